The highest BCUT2D eigenvalue weighted by atomic mass is 16.5. The Morgan fingerprint density at radius 1 is 0.880 bits per heavy atom. The first-order chi connectivity index (χ1) is 12.0. The molecule has 0 unspecified atom stereocenters. The lowest BCUT2D eigenvalue weighted by Gasteiger charge is -2.06. The van der Waals surface area contributed by atoms with Gasteiger partial charge in [0.25, 0.3) is 0 Å². The minimum atomic E-state index is -0.583. The molecule has 3 nitrogen and oxygen atoms in total. The molecule has 3 heteroatoms. The Morgan fingerprint density at radius 2 is 1.48 bits per heavy atom. The number of ether oxygens (including phenoxy) is 1. The third kappa shape index (κ3) is 20.1. The van der Waals surface area contributed by atoms with Crippen molar-refractivity contribution in [1.29, 1.82) is 0 Å². The van der Waals surface area contributed by atoms with Crippen LogP contribution in [0.4, 0.5) is 0 Å². The predicted molar refractivity (Wildman–Crippen MR) is 102 cm³/mol. The third-order valence-corrected chi connectivity index (χ3v) is 3.17. The van der Waals surface area contributed by atoms with Crippen LogP contribution in [0.5, 0.6) is 0 Å². The molecule has 0 aromatic rings. The molecular formula is C22H32O3. The summed E-state index contributed by atoms with van der Waals surface area (Å²) in [5, 5.41) is 8.94. The van der Waals surface area contributed by atoms with E-state index in [1.165, 1.54) is 0 Å². The summed E-state index contributed by atoms with van der Waals surface area (Å²) in [6.07, 6.45) is 7.29. The molecule has 1 atom stereocenters. The van der Waals surface area contributed by atoms with E-state index >= 15 is 0 Å². The molecule has 0 heterocycles. The molecule has 0 aromatic heterocycles. The third-order valence-electron chi connectivity index (χ3n) is 3.17. The monoisotopic (exact) mass is 344 g/mol. The molecule has 0 aliphatic carbocycles. The van der Waals surface area contributed by atoms with Crippen LogP contribution in [0.3, 0.4) is 0 Å². The highest BCUT2D eigenvalue weighted by molar-refractivity contribution is 5.69. The zero-order valence-electron chi connectivity index (χ0n) is 16.0. The van der Waals surface area contributed by atoms with Crippen molar-refractivity contribution in [1.82, 2.24) is 0 Å². The maximum absolute atomic E-state index is 11.4. The number of hydrogen-bond acceptors (Lipinski definition) is 3. The first-order valence-corrected chi connectivity index (χ1v) is 9.26. The van der Waals surface area contributed by atoms with Crippen LogP contribution in [0.15, 0.2) is 0 Å². The molecule has 25 heavy (non-hydrogen) atoms. The first kappa shape index (κ1) is 23.1. The molecule has 0 saturated heterocycles. The standard InChI is InChI=1S/C22H32O3/c1-20(2)19-25-22(24)18-16-14-12-10-8-6-4-5-7-9-11-13-15-17-21(3)23/h20-21,23H,6-8,10,12-14,16,18-19H2,1-3H3/t21-/m1/s1. The van der Waals surface area contributed by atoms with Crippen molar-refractivity contribution in [2.75, 3.05) is 6.61 Å². The maximum atomic E-state index is 11.4. The van der Waals surface area contributed by atoms with E-state index in [2.05, 4.69) is 35.5 Å². The lowest BCUT2D eigenvalue weighted by atomic mass is 10.1. The smallest absolute Gasteiger partial charge is 0.305 e. The van der Waals surface area contributed by atoms with Crippen LogP contribution < -0.4 is 0 Å². The van der Waals surface area contributed by atoms with Gasteiger partial charge in [-0.1, -0.05) is 62.7 Å². The van der Waals surface area contributed by atoms with Crippen molar-refractivity contribution >= 4 is 5.97 Å². The van der Waals surface area contributed by atoms with Crippen LogP contribution in [-0.2, 0) is 9.53 Å². The van der Waals surface area contributed by atoms with Crippen LogP contribution in [0, 0.1) is 41.4 Å². The molecule has 0 bridgehead atoms. The number of aliphatic hydroxyl groups excluding tert-OH is 1. The fraction of sp³-hybridized carbons (Fsp3) is 0.682. The summed E-state index contributed by atoms with van der Waals surface area (Å²) in [6.45, 7) is 6.24. The van der Waals surface area contributed by atoms with Gasteiger partial charge in [0.2, 0.25) is 0 Å². The molecule has 0 aliphatic rings. The Labute approximate surface area is 153 Å². The van der Waals surface area contributed by atoms with E-state index in [4.69, 9.17) is 9.84 Å². The van der Waals surface area contributed by atoms with E-state index in [9.17, 15) is 4.79 Å². The number of unbranched alkanes of at least 4 members (excludes halogenated alkanes) is 5. The number of hydrogen-bond donors (Lipinski definition) is 1. The largest absolute Gasteiger partial charge is 0.465 e. The van der Waals surface area contributed by atoms with Gasteiger partial charge in [0, 0.05) is 12.8 Å². The SMILES string of the molecule is CC(C)COC(=O)CCCCCCCC#CCC#CCC#C[C@@H](C)O. The summed E-state index contributed by atoms with van der Waals surface area (Å²) in [5.41, 5.74) is 0. The van der Waals surface area contributed by atoms with Crippen molar-refractivity contribution < 1.29 is 14.6 Å². The van der Waals surface area contributed by atoms with Crippen LogP contribution in [0.25, 0.3) is 0 Å². The average molecular weight is 344 g/mol. The van der Waals surface area contributed by atoms with Crippen LogP contribution >= 0.6 is 0 Å². The minimum absolute atomic E-state index is 0.0717. The van der Waals surface area contributed by atoms with Gasteiger partial charge in [0.1, 0.15) is 6.10 Å². The number of carbonyl (C=O) groups excluding carboxylic acids is 1. The molecule has 0 radical (unpaired) electrons. The van der Waals surface area contributed by atoms with Gasteiger partial charge in [0.15, 0.2) is 0 Å². The van der Waals surface area contributed by atoms with Crippen molar-refractivity contribution in [3.8, 4) is 35.5 Å². The van der Waals surface area contributed by atoms with Crippen molar-refractivity contribution in [2.45, 2.75) is 84.7 Å². The van der Waals surface area contributed by atoms with Gasteiger partial charge in [-0.2, -0.15) is 0 Å². The van der Waals surface area contributed by atoms with E-state index in [0.717, 1.165) is 38.5 Å². The van der Waals surface area contributed by atoms with E-state index in [0.29, 0.717) is 31.8 Å². The fourth-order valence-corrected chi connectivity index (χ4v) is 1.91. The summed E-state index contributed by atoms with van der Waals surface area (Å²) in [7, 11) is 0. The first-order valence-electron chi connectivity index (χ1n) is 9.26. The second-order valence-corrected chi connectivity index (χ2v) is 6.40. The average Bonchev–Trinajstić information content (AvgIpc) is 2.56. The summed E-state index contributed by atoms with van der Waals surface area (Å²) >= 11 is 0. The topological polar surface area (TPSA) is 46.5 Å². The molecular weight excluding hydrogens is 312 g/mol. The molecule has 138 valence electrons. The van der Waals surface area contributed by atoms with E-state index in [1.54, 1.807) is 6.92 Å². The Morgan fingerprint density at radius 3 is 2.16 bits per heavy atom. The molecule has 0 spiro atoms. The summed E-state index contributed by atoms with van der Waals surface area (Å²) < 4.78 is 5.14. The number of rotatable bonds is 9. The van der Waals surface area contributed by atoms with Gasteiger partial charge in [-0.3, -0.25) is 4.79 Å². The Bertz CT molecular complexity index is 527. The van der Waals surface area contributed by atoms with Gasteiger partial charge in [0.05, 0.1) is 19.4 Å². The zero-order valence-corrected chi connectivity index (χ0v) is 16.0. The quantitative estimate of drug-likeness (QED) is 0.389. The highest BCUT2D eigenvalue weighted by Crippen LogP contribution is 2.08. The predicted octanol–water partition coefficient (Wildman–Crippen LogP) is 4.09. The second-order valence-electron chi connectivity index (χ2n) is 6.40. The van der Waals surface area contributed by atoms with Crippen molar-refractivity contribution in [3.63, 3.8) is 0 Å². The summed E-state index contributed by atoms with van der Waals surface area (Å²) in [6, 6.07) is 0. The van der Waals surface area contributed by atoms with Gasteiger partial charge < -0.3 is 9.84 Å². The Hall–Kier alpha value is -1.89. The minimum Gasteiger partial charge on any atom is -0.465 e. The number of aliphatic hydroxyl groups is 1. The van der Waals surface area contributed by atoms with Gasteiger partial charge in [-0.25, -0.2) is 0 Å². The van der Waals surface area contributed by atoms with E-state index in [-0.39, 0.29) is 5.97 Å². The van der Waals surface area contributed by atoms with Gasteiger partial charge in [-0.05, 0) is 25.7 Å². The van der Waals surface area contributed by atoms with Gasteiger partial charge in [-0.15, -0.1) is 5.92 Å². The van der Waals surface area contributed by atoms with Gasteiger partial charge >= 0.3 is 5.97 Å². The number of esters is 1. The van der Waals surface area contributed by atoms with Crippen molar-refractivity contribution in [2.24, 2.45) is 5.92 Å². The second kappa shape index (κ2) is 17.0. The van der Waals surface area contributed by atoms with E-state index < -0.39 is 6.10 Å². The van der Waals surface area contributed by atoms with Crippen molar-refractivity contribution in [3.05, 3.63) is 0 Å². The van der Waals surface area contributed by atoms with Crippen LogP contribution in [0.1, 0.15) is 78.6 Å². The molecule has 0 aliphatic heterocycles. The number of carbonyl (C=O) groups is 1. The molecule has 0 rings (SSSR count). The molecule has 0 saturated carbocycles. The zero-order chi connectivity index (χ0) is 18.8. The lowest BCUT2D eigenvalue weighted by molar-refractivity contribution is -0.144. The Kier molecular flexibility index (Phi) is 15.7. The normalized spacial score (nSPS) is 10.6. The maximum Gasteiger partial charge on any atom is 0.305 e. The molecule has 0 amide bonds. The summed E-state index contributed by atoms with van der Waals surface area (Å²) in [5.74, 6) is 17.8. The molecule has 0 aromatic carbocycles. The van der Waals surface area contributed by atoms with E-state index in [1.807, 2.05) is 13.8 Å². The fourth-order valence-electron chi connectivity index (χ4n) is 1.91. The Balaban J connectivity index is 3.44. The van der Waals surface area contributed by atoms with Crippen LogP contribution in [-0.4, -0.2) is 23.8 Å². The lowest BCUT2D eigenvalue weighted by Crippen LogP contribution is -2.09. The van der Waals surface area contributed by atoms with Crippen LogP contribution in [0.2, 0.25) is 0 Å². The highest BCUT2D eigenvalue weighted by Gasteiger charge is 2.03. The molecule has 0 fully saturated rings. The molecule has 1 N–H and O–H groups in total. The summed E-state index contributed by atoms with van der Waals surface area (Å²) in [4.78, 5) is 11.4.